The van der Waals surface area contributed by atoms with Crippen LogP contribution in [0.4, 0.5) is 0 Å². The monoisotopic (exact) mass is 450 g/mol. The van der Waals surface area contributed by atoms with Crippen molar-refractivity contribution in [3.63, 3.8) is 0 Å². The molecular formula is C20H29Cl3SiTi. The van der Waals surface area contributed by atoms with Gasteiger partial charge in [0.15, 0.2) is 0 Å². The van der Waals surface area contributed by atoms with Crippen LogP contribution < -0.4 is 47.6 Å². The van der Waals surface area contributed by atoms with Crippen LogP contribution in [0, 0.1) is 27.7 Å². The van der Waals surface area contributed by atoms with Crippen LogP contribution in [-0.2, 0) is 28.1 Å². The average molecular weight is 452 g/mol. The quantitative estimate of drug-likeness (QED) is 0.234. The Hall–Kier alpha value is 0.371. The molecule has 0 fully saturated rings. The van der Waals surface area contributed by atoms with Crippen molar-refractivity contribution in [1.82, 2.24) is 0 Å². The summed E-state index contributed by atoms with van der Waals surface area (Å²) in [5, 5.41) is 3.24. The summed E-state index contributed by atoms with van der Waals surface area (Å²) in [6, 6.07) is 9.52. The maximum atomic E-state index is 2.47. The molecule has 0 saturated heterocycles. The molecule has 0 radical (unpaired) electrons. The predicted octanol–water partition coefficient (Wildman–Crippen LogP) is -5.50. The normalized spacial score (nSPS) is 9.80. The first-order valence-electron chi connectivity index (χ1n) is 8.33. The van der Waals surface area contributed by atoms with Crippen LogP contribution in [-0.4, -0.2) is 9.52 Å². The van der Waals surface area contributed by atoms with E-state index in [0.717, 1.165) is 0 Å². The van der Waals surface area contributed by atoms with Crippen LogP contribution in [0.2, 0.25) is 0 Å². The van der Waals surface area contributed by atoms with Gasteiger partial charge in [-0.15, -0.1) is 0 Å². The van der Waals surface area contributed by atoms with Gasteiger partial charge in [0.05, 0.1) is 0 Å². The molecule has 0 spiro atoms. The minimum absolute atomic E-state index is 0. The molecule has 138 valence electrons. The van der Waals surface area contributed by atoms with Crippen molar-refractivity contribution < 1.29 is 58.9 Å². The number of rotatable bonds is 6. The van der Waals surface area contributed by atoms with Gasteiger partial charge in [-0.3, -0.25) is 0 Å². The fourth-order valence-electron chi connectivity index (χ4n) is 3.46. The summed E-state index contributed by atoms with van der Waals surface area (Å²) < 4.78 is 0. The molecule has 0 N–H and O–H groups in total. The Morgan fingerprint density at radius 2 is 1.40 bits per heavy atom. The van der Waals surface area contributed by atoms with Gasteiger partial charge in [0.2, 0.25) is 0 Å². The van der Waals surface area contributed by atoms with E-state index >= 15 is 0 Å². The van der Waals surface area contributed by atoms with E-state index in [1.165, 1.54) is 42.4 Å². The zero-order chi connectivity index (χ0) is 15.4. The van der Waals surface area contributed by atoms with Crippen LogP contribution in [0.5, 0.6) is 0 Å². The molecule has 0 saturated carbocycles. The Morgan fingerprint density at radius 1 is 0.840 bits per heavy atom. The SMILES string of the molecule is CCCCC[c-]1c(C)cc([SiH2]c2cc(C)cc(C)c2)c1C.[Cl-].[Cl-].[Cl-].[Ti+4]. The van der Waals surface area contributed by atoms with E-state index in [4.69, 9.17) is 0 Å². The van der Waals surface area contributed by atoms with Crippen molar-refractivity contribution in [3.05, 3.63) is 52.1 Å². The molecule has 0 heterocycles. The summed E-state index contributed by atoms with van der Waals surface area (Å²) in [4.78, 5) is 0. The largest absolute Gasteiger partial charge is 4.00 e. The molecule has 0 unspecified atom stereocenters. The van der Waals surface area contributed by atoms with Crippen LogP contribution in [0.15, 0.2) is 24.3 Å². The molecule has 0 aliphatic heterocycles. The number of hydrogen-bond donors (Lipinski definition) is 0. The molecule has 2 aromatic rings. The van der Waals surface area contributed by atoms with Gasteiger partial charge >= 0.3 is 21.7 Å². The summed E-state index contributed by atoms with van der Waals surface area (Å²) in [6.45, 7) is 11.4. The van der Waals surface area contributed by atoms with Gasteiger partial charge in [0.1, 0.15) is 0 Å². The second-order valence-electron chi connectivity index (χ2n) is 6.59. The molecule has 0 aliphatic rings. The van der Waals surface area contributed by atoms with Gasteiger partial charge in [0.25, 0.3) is 0 Å². The fourth-order valence-corrected chi connectivity index (χ4v) is 5.63. The molecule has 0 bridgehead atoms. The molecule has 2 aromatic carbocycles. The third-order valence-electron chi connectivity index (χ3n) is 4.51. The number of hydrogen-bond acceptors (Lipinski definition) is 0. The Labute approximate surface area is 190 Å². The van der Waals surface area contributed by atoms with Crippen molar-refractivity contribution in [2.24, 2.45) is 0 Å². The third-order valence-corrected chi connectivity index (χ3v) is 6.44. The maximum Gasteiger partial charge on any atom is 4.00 e. The molecule has 0 aromatic heterocycles. The minimum Gasteiger partial charge on any atom is -1.00 e. The maximum absolute atomic E-state index is 2.47. The van der Waals surface area contributed by atoms with E-state index in [2.05, 4.69) is 58.9 Å². The van der Waals surface area contributed by atoms with Crippen molar-refractivity contribution in [3.8, 4) is 0 Å². The van der Waals surface area contributed by atoms with E-state index in [1.54, 1.807) is 21.5 Å². The zero-order valence-electron chi connectivity index (χ0n) is 16.0. The summed E-state index contributed by atoms with van der Waals surface area (Å²) in [6.07, 6.45) is 5.27. The fraction of sp³-hybridized carbons (Fsp3) is 0.450. The molecule has 0 aliphatic carbocycles. The van der Waals surface area contributed by atoms with Crippen molar-refractivity contribution in [2.45, 2.75) is 60.3 Å². The van der Waals surface area contributed by atoms with E-state index in [-0.39, 0.29) is 68.5 Å². The standard InChI is InChI=1S/C20H29Si.3ClH.Ti/c1-6-7-8-9-19-16(4)13-20(17(19)5)21-18-11-14(2)10-15(3)12-18;;;;/h10-13H,6-9,21H2,1-5H3;3*1H;/q-1;;;;+4/p-3. The summed E-state index contributed by atoms with van der Waals surface area (Å²) in [5.74, 6) is 0. The number of halogens is 3. The van der Waals surface area contributed by atoms with Gasteiger partial charge in [-0.1, -0.05) is 81.0 Å². The van der Waals surface area contributed by atoms with E-state index in [1.807, 2.05) is 0 Å². The zero-order valence-corrected chi connectivity index (χ0v) is 21.2. The summed E-state index contributed by atoms with van der Waals surface area (Å²) in [7, 11) is -0.335. The van der Waals surface area contributed by atoms with Gasteiger partial charge in [0, 0.05) is 9.52 Å². The Bertz CT molecular complexity index is 603. The van der Waals surface area contributed by atoms with Crippen LogP contribution in [0.1, 0.15) is 54.0 Å². The Balaban J connectivity index is -0.00000121. The van der Waals surface area contributed by atoms with Crippen molar-refractivity contribution in [1.29, 1.82) is 0 Å². The van der Waals surface area contributed by atoms with Gasteiger partial charge in [-0.05, 0) is 13.8 Å². The first-order chi connectivity index (χ1) is 10.0. The van der Waals surface area contributed by atoms with Crippen molar-refractivity contribution >= 4 is 19.9 Å². The first-order valence-corrected chi connectivity index (χ1v) is 9.74. The molecular weight excluding hydrogens is 423 g/mol. The number of aryl methyl sites for hydroxylation is 3. The summed E-state index contributed by atoms with van der Waals surface area (Å²) >= 11 is 0. The molecule has 2 rings (SSSR count). The van der Waals surface area contributed by atoms with E-state index in [9.17, 15) is 0 Å². The van der Waals surface area contributed by atoms with E-state index in [0.29, 0.717) is 0 Å². The summed E-state index contributed by atoms with van der Waals surface area (Å²) in [5.41, 5.74) is 7.56. The molecule has 0 nitrogen and oxygen atoms in total. The van der Waals surface area contributed by atoms with Crippen LogP contribution in [0.3, 0.4) is 0 Å². The smallest absolute Gasteiger partial charge is 1.00 e. The number of benzene rings is 1. The third kappa shape index (κ3) is 8.73. The molecule has 25 heavy (non-hydrogen) atoms. The number of unbranched alkanes of at least 4 members (excludes halogenated alkanes) is 2. The predicted molar refractivity (Wildman–Crippen MR) is 98.5 cm³/mol. The second kappa shape index (κ2) is 14.4. The van der Waals surface area contributed by atoms with E-state index < -0.39 is 0 Å². The topological polar surface area (TPSA) is 0 Å². The second-order valence-corrected chi connectivity index (χ2v) is 8.52. The first kappa shape index (κ1) is 30.1. The van der Waals surface area contributed by atoms with Crippen molar-refractivity contribution in [2.75, 3.05) is 0 Å². The van der Waals surface area contributed by atoms with Crippen LogP contribution >= 0.6 is 0 Å². The minimum atomic E-state index is -0.335. The van der Waals surface area contributed by atoms with Crippen LogP contribution in [0.25, 0.3) is 0 Å². The van der Waals surface area contributed by atoms with Gasteiger partial charge in [-0.25, -0.2) is 6.07 Å². The molecule has 0 atom stereocenters. The van der Waals surface area contributed by atoms with Gasteiger partial charge in [-0.2, -0.15) is 21.9 Å². The van der Waals surface area contributed by atoms with Gasteiger partial charge < -0.3 is 37.2 Å². The molecule has 5 heteroatoms. The Morgan fingerprint density at radius 3 is 1.92 bits per heavy atom. The molecule has 0 amide bonds. The Kier molecular flexibility index (Phi) is 17.4. The average Bonchev–Trinajstić information content (AvgIpc) is 2.65.